The van der Waals surface area contributed by atoms with E-state index in [4.69, 9.17) is 10.7 Å². The Morgan fingerprint density at radius 3 is 2.44 bits per heavy atom. The van der Waals surface area contributed by atoms with Crippen molar-refractivity contribution in [1.29, 1.82) is 0 Å². The zero-order chi connectivity index (χ0) is 17.5. The Morgan fingerprint density at radius 2 is 1.64 bits per heavy atom. The number of unbranched alkanes of at least 4 members (excludes halogenated alkanes) is 4. The highest BCUT2D eigenvalue weighted by molar-refractivity contribution is 5.76. The molecule has 0 saturated heterocycles. The van der Waals surface area contributed by atoms with Gasteiger partial charge in [-0.25, -0.2) is 4.98 Å². The second-order valence-electron chi connectivity index (χ2n) is 6.82. The first kappa shape index (κ1) is 17.7. The molecule has 0 aliphatic carbocycles. The highest BCUT2D eigenvalue weighted by Crippen LogP contribution is 2.23. The van der Waals surface area contributed by atoms with Gasteiger partial charge in [0.2, 0.25) is 0 Å². The van der Waals surface area contributed by atoms with Gasteiger partial charge in [0.25, 0.3) is 0 Å². The molecule has 0 saturated carbocycles. The van der Waals surface area contributed by atoms with E-state index >= 15 is 0 Å². The third kappa shape index (κ3) is 4.49. The van der Waals surface area contributed by atoms with Crippen molar-refractivity contribution in [3.63, 3.8) is 0 Å². The first-order valence-electron chi connectivity index (χ1n) is 9.54. The molecule has 3 heteroatoms. The lowest BCUT2D eigenvalue weighted by molar-refractivity contribution is 0.538. The molecule has 3 rings (SSSR count). The standard InChI is InChI=1S/C22H29N3/c1-2-3-4-5-11-16-25-21-15-10-9-14-20(21)24-22(25)19(23)17-18-12-7-6-8-13-18/h6-10,12-15,19H,2-5,11,16-17,23H2,1H3. The van der Waals surface area contributed by atoms with Crippen LogP contribution in [-0.2, 0) is 13.0 Å². The van der Waals surface area contributed by atoms with Gasteiger partial charge in [-0.05, 0) is 30.5 Å². The van der Waals surface area contributed by atoms with Crippen molar-refractivity contribution in [2.75, 3.05) is 0 Å². The molecule has 2 aromatic carbocycles. The van der Waals surface area contributed by atoms with Crippen LogP contribution in [0.2, 0.25) is 0 Å². The van der Waals surface area contributed by atoms with Crippen molar-refractivity contribution in [1.82, 2.24) is 9.55 Å². The lowest BCUT2D eigenvalue weighted by Gasteiger charge is -2.15. The highest BCUT2D eigenvalue weighted by Gasteiger charge is 2.17. The quantitative estimate of drug-likeness (QED) is 0.543. The molecular weight excluding hydrogens is 306 g/mol. The summed E-state index contributed by atoms with van der Waals surface area (Å²) in [6, 6.07) is 18.8. The van der Waals surface area contributed by atoms with Crippen LogP contribution in [0, 0.1) is 0 Å². The molecule has 0 aliphatic heterocycles. The van der Waals surface area contributed by atoms with E-state index in [9.17, 15) is 0 Å². The van der Waals surface area contributed by atoms with E-state index in [1.54, 1.807) is 0 Å². The minimum Gasteiger partial charge on any atom is -0.327 e. The Bertz CT molecular complexity index is 776. The molecule has 0 spiro atoms. The Morgan fingerprint density at radius 1 is 0.920 bits per heavy atom. The van der Waals surface area contributed by atoms with Crippen LogP contribution in [0.15, 0.2) is 54.6 Å². The van der Waals surface area contributed by atoms with Gasteiger partial charge < -0.3 is 10.3 Å². The normalized spacial score (nSPS) is 12.6. The third-order valence-electron chi connectivity index (χ3n) is 4.80. The van der Waals surface area contributed by atoms with Crippen LogP contribution in [0.3, 0.4) is 0 Å². The monoisotopic (exact) mass is 335 g/mol. The number of nitrogens with two attached hydrogens (primary N) is 1. The molecule has 0 radical (unpaired) electrons. The molecule has 1 unspecified atom stereocenters. The topological polar surface area (TPSA) is 43.8 Å². The number of hydrogen-bond acceptors (Lipinski definition) is 2. The summed E-state index contributed by atoms with van der Waals surface area (Å²) in [4.78, 5) is 4.86. The summed E-state index contributed by atoms with van der Waals surface area (Å²) in [5.74, 6) is 1.01. The van der Waals surface area contributed by atoms with Crippen LogP contribution in [-0.4, -0.2) is 9.55 Å². The van der Waals surface area contributed by atoms with Gasteiger partial charge in [0.05, 0.1) is 17.1 Å². The molecule has 1 aromatic heterocycles. The molecule has 132 valence electrons. The maximum atomic E-state index is 6.56. The van der Waals surface area contributed by atoms with Crippen LogP contribution >= 0.6 is 0 Å². The van der Waals surface area contributed by atoms with Gasteiger partial charge in [0, 0.05) is 6.54 Å². The summed E-state index contributed by atoms with van der Waals surface area (Å²) in [5.41, 5.74) is 10.1. The molecule has 1 atom stereocenters. The summed E-state index contributed by atoms with van der Waals surface area (Å²) >= 11 is 0. The number of aromatic nitrogens is 2. The fourth-order valence-electron chi connectivity index (χ4n) is 3.44. The summed E-state index contributed by atoms with van der Waals surface area (Å²) < 4.78 is 2.34. The first-order chi connectivity index (χ1) is 12.3. The molecule has 0 amide bonds. The Hall–Kier alpha value is -2.13. The highest BCUT2D eigenvalue weighted by atomic mass is 15.1. The number of hydrogen-bond donors (Lipinski definition) is 1. The predicted octanol–water partition coefficient (Wildman–Crippen LogP) is 5.25. The third-order valence-corrected chi connectivity index (χ3v) is 4.80. The first-order valence-corrected chi connectivity index (χ1v) is 9.54. The van der Waals surface area contributed by atoms with Crippen molar-refractivity contribution >= 4 is 11.0 Å². The number of fused-ring (bicyclic) bond motifs is 1. The van der Waals surface area contributed by atoms with E-state index in [-0.39, 0.29) is 6.04 Å². The lowest BCUT2D eigenvalue weighted by atomic mass is 10.1. The van der Waals surface area contributed by atoms with Crippen molar-refractivity contribution in [3.8, 4) is 0 Å². The maximum absolute atomic E-state index is 6.56. The Kier molecular flexibility index (Phi) is 6.24. The van der Waals surface area contributed by atoms with Crippen molar-refractivity contribution in [2.45, 2.75) is 58.0 Å². The number of rotatable bonds is 9. The average molecular weight is 335 g/mol. The number of para-hydroxylation sites is 2. The molecule has 1 heterocycles. The number of aryl methyl sites for hydroxylation is 1. The Labute approximate surface area is 150 Å². The number of benzene rings is 2. The van der Waals surface area contributed by atoms with Crippen molar-refractivity contribution in [3.05, 3.63) is 66.0 Å². The van der Waals surface area contributed by atoms with E-state index in [2.05, 4.69) is 54.0 Å². The molecule has 0 fully saturated rings. The van der Waals surface area contributed by atoms with E-state index in [0.717, 1.165) is 24.3 Å². The van der Waals surface area contributed by atoms with E-state index in [0.29, 0.717) is 0 Å². The SMILES string of the molecule is CCCCCCCn1c(C(N)Cc2ccccc2)nc2ccccc21. The zero-order valence-corrected chi connectivity index (χ0v) is 15.2. The molecule has 3 nitrogen and oxygen atoms in total. The van der Waals surface area contributed by atoms with Crippen LogP contribution < -0.4 is 5.73 Å². The second-order valence-corrected chi connectivity index (χ2v) is 6.82. The summed E-state index contributed by atoms with van der Waals surface area (Å²) in [6.07, 6.45) is 7.19. The van der Waals surface area contributed by atoms with Crippen molar-refractivity contribution < 1.29 is 0 Å². The lowest BCUT2D eigenvalue weighted by Crippen LogP contribution is -2.19. The zero-order valence-electron chi connectivity index (χ0n) is 15.2. The van der Waals surface area contributed by atoms with Crippen LogP contribution in [0.1, 0.15) is 56.5 Å². The van der Waals surface area contributed by atoms with E-state index < -0.39 is 0 Å². The van der Waals surface area contributed by atoms with Crippen LogP contribution in [0.5, 0.6) is 0 Å². The molecule has 2 N–H and O–H groups in total. The summed E-state index contributed by atoms with van der Waals surface area (Å²) in [5, 5.41) is 0. The minimum atomic E-state index is -0.0783. The predicted molar refractivity (Wildman–Crippen MR) is 106 cm³/mol. The molecule has 3 aromatic rings. The fraction of sp³-hybridized carbons (Fsp3) is 0.409. The van der Waals surface area contributed by atoms with Gasteiger partial charge >= 0.3 is 0 Å². The molecule has 25 heavy (non-hydrogen) atoms. The maximum Gasteiger partial charge on any atom is 0.127 e. The van der Waals surface area contributed by atoms with Gasteiger partial charge in [0.15, 0.2) is 0 Å². The Balaban J connectivity index is 1.79. The molecule has 0 aliphatic rings. The second kappa shape index (κ2) is 8.82. The van der Waals surface area contributed by atoms with Crippen LogP contribution in [0.25, 0.3) is 11.0 Å². The number of imidazole rings is 1. The molecular formula is C22H29N3. The minimum absolute atomic E-state index is 0.0783. The van der Waals surface area contributed by atoms with Gasteiger partial charge in [-0.1, -0.05) is 75.1 Å². The summed E-state index contributed by atoms with van der Waals surface area (Å²) in [6.45, 7) is 3.26. The van der Waals surface area contributed by atoms with Crippen molar-refractivity contribution in [2.24, 2.45) is 5.73 Å². The smallest absolute Gasteiger partial charge is 0.127 e. The fourth-order valence-corrected chi connectivity index (χ4v) is 3.44. The van der Waals surface area contributed by atoms with E-state index in [1.165, 1.54) is 43.2 Å². The molecule has 0 bridgehead atoms. The number of nitrogens with zero attached hydrogens (tertiary/aromatic N) is 2. The van der Waals surface area contributed by atoms with E-state index in [1.807, 2.05) is 12.1 Å². The summed E-state index contributed by atoms with van der Waals surface area (Å²) in [7, 11) is 0. The average Bonchev–Trinajstić information content (AvgIpc) is 3.01. The van der Waals surface area contributed by atoms with Gasteiger partial charge in [0.1, 0.15) is 5.82 Å². The van der Waals surface area contributed by atoms with Crippen LogP contribution in [0.4, 0.5) is 0 Å². The van der Waals surface area contributed by atoms with Gasteiger partial charge in [-0.15, -0.1) is 0 Å². The largest absolute Gasteiger partial charge is 0.327 e. The van der Waals surface area contributed by atoms with Gasteiger partial charge in [-0.2, -0.15) is 0 Å². The van der Waals surface area contributed by atoms with Gasteiger partial charge in [-0.3, -0.25) is 0 Å².